The molecule has 0 radical (unpaired) electrons. The fraction of sp³-hybridized carbons (Fsp3) is 0.818. The molecule has 0 aliphatic heterocycles. The predicted molar refractivity (Wildman–Crippen MR) is 72.7 cm³/mol. The summed E-state index contributed by atoms with van der Waals surface area (Å²) in [6.45, 7) is 3.99. The third-order valence-electron chi connectivity index (χ3n) is 2.87. The highest BCUT2D eigenvalue weighted by molar-refractivity contribution is 7.99. The summed E-state index contributed by atoms with van der Waals surface area (Å²) in [5, 5.41) is 15.7. The summed E-state index contributed by atoms with van der Waals surface area (Å²) in [6.07, 6.45) is 2.98. The average Bonchev–Trinajstić information content (AvgIpc) is 3.07. The number of tetrazole rings is 1. The highest BCUT2D eigenvalue weighted by Crippen LogP contribution is 2.36. The first-order valence-electron chi connectivity index (χ1n) is 6.54. The van der Waals surface area contributed by atoms with Crippen LogP contribution in [0.5, 0.6) is 0 Å². The molecular formula is C11H20N6OS. The van der Waals surface area contributed by atoms with Gasteiger partial charge in [0.25, 0.3) is 0 Å². The molecule has 1 amide bonds. The van der Waals surface area contributed by atoms with Gasteiger partial charge in [0.1, 0.15) is 0 Å². The highest BCUT2D eigenvalue weighted by atomic mass is 32.2. The van der Waals surface area contributed by atoms with E-state index >= 15 is 0 Å². The summed E-state index contributed by atoms with van der Waals surface area (Å²) in [4.78, 5) is 11.3. The van der Waals surface area contributed by atoms with Crippen molar-refractivity contribution in [3.8, 4) is 0 Å². The molecule has 1 heterocycles. The second-order valence-electron chi connectivity index (χ2n) is 5.05. The third kappa shape index (κ3) is 4.17. The fourth-order valence-corrected chi connectivity index (χ4v) is 2.76. The van der Waals surface area contributed by atoms with Crippen LogP contribution in [0.4, 0.5) is 0 Å². The zero-order valence-corrected chi connectivity index (χ0v) is 12.1. The second kappa shape index (κ2) is 6.33. The number of carbonyl (C=O) groups excluding carboxylic acids is 1. The lowest BCUT2D eigenvalue weighted by Gasteiger charge is -2.17. The first-order valence-corrected chi connectivity index (χ1v) is 7.52. The number of nitrogens with two attached hydrogens (primary N) is 1. The van der Waals surface area contributed by atoms with E-state index in [9.17, 15) is 4.79 Å². The van der Waals surface area contributed by atoms with Crippen molar-refractivity contribution >= 4 is 17.7 Å². The van der Waals surface area contributed by atoms with Crippen molar-refractivity contribution in [3.63, 3.8) is 0 Å². The van der Waals surface area contributed by atoms with Gasteiger partial charge in [-0.3, -0.25) is 4.79 Å². The lowest BCUT2D eigenvalue weighted by molar-refractivity contribution is -0.120. The van der Waals surface area contributed by atoms with E-state index in [1.54, 1.807) is 11.8 Å². The molecule has 0 spiro atoms. The largest absolute Gasteiger partial charge is 0.368 e. The van der Waals surface area contributed by atoms with E-state index in [0.717, 1.165) is 23.8 Å². The monoisotopic (exact) mass is 284 g/mol. The number of rotatable bonds is 8. The first-order chi connectivity index (χ1) is 9.08. The topological polar surface area (TPSA) is 98.7 Å². The van der Waals surface area contributed by atoms with Crippen LogP contribution in [-0.2, 0) is 4.79 Å². The summed E-state index contributed by atoms with van der Waals surface area (Å²) < 4.78 is 1.87. The van der Waals surface area contributed by atoms with Crippen molar-refractivity contribution < 1.29 is 4.79 Å². The Labute approximate surface area is 116 Å². The van der Waals surface area contributed by atoms with Crippen molar-refractivity contribution in [2.24, 2.45) is 5.73 Å². The number of aromatic nitrogens is 4. The van der Waals surface area contributed by atoms with Gasteiger partial charge in [-0.05, 0) is 29.7 Å². The summed E-state index contributed by atoms with van der Waals surface area (Å²) in [7, 11) is 0. The van der Waals surface area contributed by atoms with Gasteiger partial charge in [-0.25, -0.2) is 4.68 Å². The Morgan fingerprint density at radius 1 is 1.58 bits per heavy atom. The lowest BCUT2D eigenvalue weighted by Crippen LogP contribution is -2.44. The summed E-state index contributed by atoms with van der Waals surface area (Å²) in [5.41, 5.74) is 5.38. The molecule has 1 saturated carbocycles. The van der Waals surface area contributed by atoms with Crippen LogP contribution in [0, 0.1) is 0 Å². The van der Waals surface area contributed by atoms with E-state index in [2.05, 4.69) is 20.8 Å². The van der Waals surface area contributed by atoms with Gasteiger partial charge >= 0.3 is 0 Å². The van der Waals surface area contributed by atoms with Gasteiger partial charge in [-0.15, -0.1) is 5.10 Å². The normalized spacial score (nSPS) is 16.8. The second-order valence-corrected chi connectivity index (χ2v) is 6.11. The van der Waals surface area contributed by atoms with Crippen molar-refractivity contribution in [1.29, 1.82) is 0 Å². The minimum Gasteiger partial charge on any atom is -0.368 e. The molecule has 0 saturated heterocycles. The van der Waals surface area contributed by atoms with Gasteiger partial charge in [-0.2, -0.15) is 0 Å². The summed E-state index contributed by atoms with van der Waals surface area (Å²) in [5.74, 6) is 0.455. The van der Waals surface area contributed by atoms with E-state index in [-0.39, 0.29) is 18.0 Å². The van der Waals surface area contributed by atoms with Crippen LogP contribution in [0.15, 0.2) is 5.16 Å². The van der Waals surface area contributed by atoms with E-state index < -0.39 is 0 Å². The first kappa shape index (κ1) is 14.3. The number of nitrogens with zero attached hydrogens (tertiary/aromatic N) is 4. The number of amides is 1. The van der Waals surface area contributed by atoms with Gasteiger partial charge < -0.3 is 11.1 Å². The number of hydrogen-bond donors (Lipinski definition) is 2. The molecule has 19 heavy (non-hydrogen) atoms. The van der Waals surface area contributed by atoms with Gasteiger partial charge in [0.2, 0.25) is 11.1 Å². The smallest absolute Gasteiger partial charge is 0.234 e. The van der Waals surface area contributed by atoms with Crippen molar-refractivity contribution in [2.45, 2.75) is 56.4 Å². The number of nitrogens with one attached hydrogen (secondary N) is 1. The maximum atomic E-state index is 11.3. The minimum atomic E-state index is -0.309. The summed E-state index contributed by atoms with van der Waals surface area (Å²) in [6, 6.07) is 0.412. The molecule has 1 aliphatic rings. The van der Waals surface area contributed by atoms with Gasteiger partial charge in [0, 0.05) is 11.8 Å². The van der Waals surface area contributed by atoms with E-state index in [1.165, 1.54) is 0 Å². The van der Waals surface area contributed by atoms with Crippen LogP contribution in [0.2, 0.25) is 0 Å². The number of primary amides is 1. The Hall–Kier alpha value is -1.15. The van der Waals surface area contributed by atoms with Crippen LogP contribution in [0.25, 0.3) is 0 Å². The highest BCUT2D eigenvalue weighted by Gasteiger charge is 2.28. The SMILES string of the molecule is CC(C)NC(CCSc1nnnn1C1CC1)C(N)=O. The molecule has 7 nitrogen and oxygen atoms in total. The number of carbonyl (C=O) groups is 1. The molecular weight excluding hydrogens is 264 g/mol. The molecule has 2 rings (SSSR count). The molecule has 1 fully saturated rings. The van der Waals surface area contributed by atoms with Crippen molar-refractivity contribution in [2.75, 3.05) is 5.75 Å². The molecule has 1 aromatic rings. The lowest BCUT2D eigenvalue weighted by atomic mass is 10.2. The fourth-order valence-electron chi connectivity index (χ4n) is 1.81. The number of hydrogen-bond acceptors (Lipinski definition) is 6. The molecule has 1 atom stereocenters. The van der Waals surface area contributed by atoms with Crippen LogP contribution in [0.1, 0.15) is 39.2 Å². The third-order valence-corrected chi connectivity index (χ3v) is 3.84. The Balaban J connectivity index is 1.81. The zero-order chi connectivity index (χ0) is 13.8. The van der Waals surface area contributed by atoms with Crippen molar-refractivity contribution in [1.82, 2.24) is 25.5 Å². The zero-order valence-electron chi connectivity index (χ0n) is 11.2. The molecule has 8 heteroatoms. The number of thioether (sulfide) groups is 1. The molecule has 1 aromatic heterocycles. The maximum Gasteiger partial charge on any atom is 0.234 e. The Kier molecular flexibility index (Phi) is 4.76. The van der Waals surface area contributed by atoms with Crippen LogP contribution in [0.3, 0.4) is 0 Å². The van der Waals surface area contributed by atoms with Gasteiger partial charge in [0.15, 0.2) is 0 Å². The molecule has 1 unspecified atom stereocenters. The van der Waals surface area contributed by atoms with Crippen LogP contribution < -0.4 is 11.1 Å². The minimum absolute atomic E-state index is 0.235. The Bertz CT molecular complexity index is 431. The standard InChI is InChI=1S/C11H20N6OS/c1-7(2)13-9(10(12)18)5-6-19-11-14-15-16-17(11)8-3-4-8/h7-9,13H,3-6H2,1-2H3,(H2,12,18). The van der Waals surface area contributed by atoms with Gasteiger partial charge in [0.05, 0.1) is 12.1 Å². The van der Waals surface area contributed by atoms with E-state index in [4.69, 9.17) is 5.73 Å². The van der Waals surface area contributed by atoms with Crippen LogP contribution in [-0.4, -0.2) is 44.0 Å². The molecule has 3 N–H and O–H groups in total. The summed E-state index contributed by atoms with van der Waals surface area (Å²) >= 11 is 1.57. The average molecular weight is 284 g/mol. The van der Waals surface area contributed by atoms with Crippen LogP contribution >= 0.6 is 11.8 Å². The van der Waals surface area contributed by atoms with E-state index in [1.807, 2.05) is 18.5 Å². The predicted octanol–water partition coefficient (Wildman–Crippen LogP) is 0.342. The van der Waals surface area contributed by atoms with Gasteiger partial charge in [-0.1, -0.05) is 25.6 Å². The molecule has 1 aliphatic carbocycles. The quantitative estimate of drug-likeness (QED) is 0.668. The molecule has 106 valence electrons. The Morgan fingerprint density at radius 2 is 2.32 bits per heavy atom. The molecule has 0 bridgehead atoms. The van der Waals surface area contributed by atoms with E-state index in [0.29, 0.717) is 12.5 Å². The maximum absolute atomic E-state index is 11.3. The Morgan fingerprint density at radius 3 is 2.89 bits per heavy atom. The van der Waals surface area contributed by atoms with Crippen molar-refractivity contribution in [3.05, 3.63) is 0 Å². The molecule has 0 aromatic carbocycles.